The molecule has 3 N–H and O–H groups in total. The third kappa shape index (κ3) is 2.84. The van der Waals surface area contributed by atoms with Crippen molar-refractivity contribution in [3.63, 3.8) is 0 Å². The Labute approximate surface area is 152 Å². The number of nitrogens with two attached hydrogens (primary N) is 1. The van der Waals surface area contributed by atoms with Crippen LogP contribution in [0.3, 0.4) is 0 Å². The van der Waals surface area contributed by atoms with E-state index in [4.69, 9.17) is 22.1 Å². The van der Waals surface area contributed by atoms with Gasteiger partial charge in [-0.05, 0) is 29.8 Å². The van der Waals surface area contributed by atoms with Crippen LogP contribution in [0.2, 0.25) is 5.02 Å². The second kappa shape index (κ2) is 6.31. The molecule has 4 nitrogen and oxygen atoms in total. The van der Waals surface area contributed by atoms with Crippen molar-refractivity contribution in [1.82, 2.24) is 9.97 Å². The number of aromatic nitrogens is 2. The number of fused-ring (bicyclic) bond motifs is 1. The standard InChI is InChI=1S/C19H12ClF2N3O/c20-14-9-25-19-17(13(8-24-19)10-1-3-11(21)4-2-10)18(14)26-16-6-5-12(23)7-15(16)22/h1-9H,23H2,(H,24,25). The summed E-state index contributed by atoms with van der Waals surface area (Å²) in [5.74, 6) is -0.712. The molecule has 2 aromatic carbocycles. The molecule has 0 aliphatic rings. The molecule has 26 heavy (non-hydrogen) atoms. The Hall–Kier alpha value is -3.12. The highest BCUT2D eigenvalue weighted by atomic mass is 35.5. The summed E-state index contributed by atoms with van der Waals surface area (Å²) < 4.78 is 33.1. The first kappa shape index (κ1) is 16.4. The molecule has 7 heteroatoms. The normalized spacial score (nSPS) is 11.0. The van der Waals surface area contributed by atoms with Crippen molar-refractivity contribution in [2.24, 2.45) is 0 Å². The zero-order valence-electron chi connectivity index (χ0n) is 13.3. The molecule has 0 atom stereocenters. The second-order valence-electron chi connectivity index (χ2n) is 5.66. The van der Waals surface area contributed by atoms with Gasteiger partial charge in [-0.2, -0.15) is 0 Å². The zero-order valence-corrected chi connectivity index (χ0v) is 14.0. The van der Waals surface area contributed by atoms with Crippen LogP contribution in [-0.4, -0.2) is 9.97 Å². The minimum Gasteiger partial charge on any atom is -0.452 e. The van der Waals surface area contributed by atoms with Crippen LogP contribution in [0.1, 0.15) is 0 Å². The Morgan fingerprint density at radius 2 is 1.85 bits per heavy atom. The Morgan fingerprint density at radius 1 is 1.08 bits per heavy atom. The number of H-pyrrole nitrogens is 1. The smallest absolute Gasteiger partial charge is 0.167 e. The van der Waals surface area contributed by atoms with E-state index in [2.05, 4.69) is 9.97 Å². The first-order valence-electron chi connectivity index (χ1n) is 7.67. The maximum absolute atomic E-state index is 14.1. The Balaban J connectivity index is 1.89. The number of ether oxygens (including phenoxy) is 1. The van der Waals surface area contributed by atoms with E-state index >= 15 is 0 Å². The van der Waals surface area contributed by atoms with E-state index in [-0.39, 0.29) is 28.0 Å². The molecule has 0 amide bonds. The molecule has 0 unspecified atom stereocenters. The van der Waals surface area contributed by atoms with E-state index in [1.54, 1.807) is 18.3 Å². The zero-order chi connectivity index (χ0) is 18.3. The number of aromatic amines is 1. The van der Waals surface area contributed by atoms with E-state index in [0.29, 0.717) is 16.6 Å². The fraction of sp³-hybridized carbons (Fsp3) is 0. The number of nitrogen functional groups attached to an aromatic ring is 1. The monoisotopic (exact) mass is 371 g/mol. The van der Waals surface area contributed by atoms with Crippen molar-refractivity contribution < 1.29 is 13.5 Å². The molecule has 0 aliphatic heterocycles. The van der Waals surface area contributed by atoms with Crippen LogP contribution in [-0.2, 0) is 0 Å². The van der Waals surface area contributed by atoms with Crippen molar-refractivity contribution in [2.75, 3.05) is 5.73 Å². The predicted molar refractivity (Wildman–Crippen MR) is 97.4 cm³/mol. The van der Waals surface area contributed by atoms with Crippen LogP contribution in [0.15, 0.2) is 54.9 Å². The summed E-state index contributed by atoms with van der Waals surface area (Å²) in [5, 5.41) is 0.789. The van der Waals surface area contributed by atoms with E-state index < -0.39 is 5.82 Å². The molecule has 4 rings (SSSR count). The van der Waals surface area contributed by atoms with Gasteiger partial charge in [0.1, 0.15) is 16.5 Å². The Morgan fingerprint density at radius 3 is 2.58 bits per heavy atom. The van der Waals surface area contributed by atoms with E-state index in [9.17, 15) is 8.78 Å². The van der Waals surface area contributed by atoms with Crippen LogP contribution in [0.25, 0.3) is 22.2 Å². The lowest BCUT2D eigenvalue weighted by atomic mass is 10.1. The molecule has 0 saturated carbocycles. The number of nitrogens with zero attached hydrogens (tertiary/aromatic N) is 1. The SMILES string of the molecule is Nc1ccc(Oc2c(Cl)cnc3[nH]cc(-c4ccc(F)cc4)c23)c(F)c1. The molecule has 2 heterocycles. The number of hydrogen-bond acceptors (Lipinski definition) is 3. The summed E-state index contributed by atoms with van der Waals surface area (Å²) in [4.78, 5) is 7.25. The van der Waals surface area contributed by atoms with Gasteiger partial charge in [0.05, 0.1) is 11.6 Å². The Kier molecular flexibility index (Phi) is 3.97. The number of hydrogen-bond donors (Lipinski definition) is 2. The highest BCUT2D eigenvalue weighted by Gasteiger charge is 2.18. The summed E-state index contributed by atoms with van der Waals surface area (Å²) in [5.41, 5.74) is 7.82. The lowest BCUT2D eigenvalue weighted by molar-refractivity contribution is 0.447. The molecule has 2 aromatic heterocycles. The molecule has 0 bridgehead atoms. The average molecular weight is 372 g/mol. The van der Waals surface area contributed by atoms with Crippen molar-refractivity contribution in [2.45, 2.75) is 0 Å². The molecule has 130 valence electrons. The highest BCUT2D eigenvalue weighted by Crippen LogP contribution is 2.41. The fourth-order valence-electron chi connectivity index (χ4n) is 2.71. The molecule has 4 aromatic rings. The van der Waals surface area contributed by atoms with Crippen molar-refractivity contribution in [3.8, 4) is 22.6 Å². The van der Waals surface area contributed by atoms with Crippen molar-refractivity contribution in [3.05, 3.63) is 71.5 Å². The Bertz CT molecular complexity index is 1110. The number of nitrogens with one attached hydrogen (secondary N) is 1. The van der Waals surface area contributed by atoms with Gasteiger partial charge in [-0.3, -0.25) is 0 Å². The number of rotatable bonds is 3. The summed E-state index contributed by atoms with van der Waals surface area (Å²) in [6, 6.07) is 10.1. The molecule has 0 aliphatic carbocycles. The highest BCUT2D eigenvalue weighted by molar-refractivity contribution is 6.33. The van der Waals surface area contributed by atoms with Crippen LogP contribution in [0.5, 0.6) is 11.5 Å². The topological polar surface area (TPSA) is 63.9 Å². The molecule has 0 spiro atoms. The fourth-order valence-corrected chi connectivity index (χ4v) is 2.89. The van der Waals surface area contributed by atoms with Gasteiger partial charge in [-0.15, -0.1) is 0 Å². The number of anilines is 1. The van der Waals surface area contributed by atoms with Gasteiger partial charge in [0.2, 0.25) is 0 Å². The van der Waals surface area contributed by atoms with Gasteiger partial charge in [-0.25, -0.2) is 13.8 Å². The quantitative estimate of drug-likeness (QED) is 0.465. The van der Waals surface area contributed by atoms with Crippen LogP contribution in [0.4, 0.5) is 14.5 Å². The maximum atomic E-state index is 14.1. The number of halogens is 3. The second-order valence-corrected chi connectivity index (χ2v) is 6.07. The third-order valence-corrected chi connectivity index (χ3v) is 4.20. The van der Waals surface area contributed by atoms with Crippen LogP contribution in [0, 0.1) is 11.6 Å². The van der Waals surface area contributed by atoms with Crippen molar-refractivity contribution >= 4 is 28.3 Å². The first-order chi connectivity index (χ1) is 12.5. The van der Waals surface area contributed by atoms with Crippen LogP contribution < -0.4 is 10.5 Å². The summed E-state index contributed by atoms with van der Waals surface area (Å²) in [6.45, 7) is 0. The lowest BCUT2D eigenvalue weighted by Gasteiger charge is -2.11. The molecule has 0 saturated heterocycles. The van der Waals surface area contributed by atoms with Gasteiger partial charge < -0.3 is 15.5 Å². The largest absolute Gasteiger partial charge is 0.452 e. The van der Waals surface area contributed by atoms with E-state index in [1.165, 1.54) is 36.5 Å². The first-order valence-corrected chi connectivity index (χ1v) is 8.05. The maximum Gasteiger partial charge on any atom is 0.167 e. The van der Waals surface area contributed by atoms with E-state index in [1.807, 2.05) is 0 Å². The van der Waals surface area contributed by atoms with Gasteiger partial charge in [-0.1, -0.05) is 23.7 Å². The van der Waals surface area contributed by atoms with Crippen LogP contribution >= 0.6 is 11.6 Å². The summed E-state index contributed by atoms with van der Waals surface area (Å²) in [6.07, 6.45) is 3.13. The summed E-state index contributed by atoms with van der Waals surface area (Å²) in [7, 11) is 0. The number of benzene rings is 2. The minimum absolute atomic E-state index is 0.0140. The van der Waals surface area contributed by atoms with Gasteiger partial charge in [0.25, 0.3) is 0 Å². The predicted octanol–water partition coefficient (Wildman–Crippen LogP) is 5.54. The lowest BCUT2D eigenvalue weighted by Crippen LogP contribution is -1.93. The third-order valence-electron chi connectivity index (χ3n) is 3.93. The molecular weight excluding hydrogens is 360 g/mol. The number of pyridine rings is 1. The van der Waals surface area contributed by atoms with Gasteiger partial charge in [0.15, 0.2) is 17.3 Å². The van der Waals surface area contributed by atoms with Crippen molar-refractivity contribution in [1.29, 1.82) is 0 Å². The molecule has 0 radical (unpaired) electrons. The van der Waals surface area contributed by atoms with Gasteiger partial charge >= 0.3 is 0 Å². The minimum atomic E-state index is -0.607. The molecule has 0 fully saturated rings. The van der Waals surface area contributed by atoms with Gasteiger partial charge in [0, 0.05) is 23.5 Å². The summed E-state index contributed by atoms with van der Waals surface area (Å²) >= 11 is 6.27. The molecular formula is C19H12ClF2N3O. The van der Waals surface area contributed by atoms with E-state index in [0.717, 1.165) is 5.56 Å². The average Bonchev–Trinajstić information content (AvgIpc) is 3.04.